The summed E-state index contributed by atoms with van der Waals surface area (Å²) in [5.41, 5.74) is 2.80. The minimum atomic E-state index is -3.73. The molecule has 2 aromatic carbocycles. The molecule has 1 aromatic heterocycles. The Morgan fingerprint density at radius 1 is 1.00 bits per heavy atom. The highest BCUT2D eigenvalue weighted by molar-refractivity contribution is 7.89. The molecule has 9 heteroatoms. The molecule has 1 saturated heterocycles. The van der Waals surface area contributed by atoms with Gasteiger partial charge in [0.2, 0.25) is 10.0 Å². The molecule has 4 rings (SSSR count). The van der Waals surface area contributed by atoms with Crippen LogP contribution in [0.25, 0.3) is 11.1 Å². The molecule has 0 atom stereocenters. The second-order valence-corrected chi connectivity index (χ2v) is 10.4. The van der Waals surface area contributed by atoms with Crippen LogP contribution in [-0.4, -0.2) is 78.5 Å². The van der Waals surface area contributed by atoms with Gasteiger partial charge in [0.1, 0.15) is 0 Å². The second kappa shape index (κ2) is 9.46. The number of aromatic nitrogens is 2. The van der Waals surface area contributed by atoms with E-state index >= 15 is 0 Å². The minimum absolute atomic E-state index is 0.145. The number of likely N-dealkylation sites (N-methyl/N-ethyl adjacent to an activating group) is 1. The van der Waals surface area contributed by atoms with E-state index in [1.54, 1.807) is 35.0 Å². The number of rotatable bonds is 6. The maximum atomic E-state index is 13.5. The zero-order valence-corrected chi connectivity index (χ0v) is 20.0. The molecular weight excluding hydrogens is 438 g/mol. The van der Waals surface area contributed by atoms with Crippen LogP contribution in [0.4, 0.5) is 0 Å². The first kappa shape index (κ1) is 23.2. The average molecular weight is 468 g/mol. The van der Waals surface area contributed by atoms with Gasteiger partial charge in [0.05, 0.1) is 11.1 Å². The molecule has 1 amide bonds. The minimum Gasteiger partial charge on any atom is -0.337 e. The van der Waals surface area contributed by atoms with Crippen molar-refractivity contribution >= 4 is 15.9 Å². The van der Waals surface area contributed by atoms with Gasteiger partial charge in [0, 0.05) is 64.1 Å². The lowest BCUT2D eigenvalue weighted by Gasteiger charge is -2.31. The fourth-order valence-electron chi connectivity index (χ4n) is 3.97. The van der Waals surface area contributed by atoms with Crippen LogP contribution in [0, 0.1) is 0 Å². The van der Waals surface area contributed by atoms with Crippen molar-refractivity contribution in [2.24, 2.45) is 7.05 Å². The van der Waals surface area contributed by atoms with E-state index in [1.165, 1.54) is 10.4 Å². The van der Waals surface area contributed by atoms with E-state index in [4.69, 9.17) is 0 Å². The SMILES string of the molecule is CN1CCN(S(=O)(=O)c2cc(C(=O)N(C)Cc3cnn(C)c3)cc(-c3ccccc3)c2)CC1. The van der Waals surface area contributed by atoms with Crippen LogP contribution in [-0.2, 0) is 23.6 Å². The number of hydrogen-bond acceptors (Lipinski definition) is 5. The molecule has 0 radical (unpaired) electrons. The summed E-state index contributed by atoms with van der Waals surface area (Å²) in [6, 6.07) is 14.5. The summed E-state index contributed by atoms with van der Waals surface area (Å²) in [6.45, 7) is 2.59. The second-order valence-electron chi connectivity index (χ2n) is 8.50. The predicted octanol–water partition coefficient (Wildman–Crippen LogP) is 2.30. The first-order valence-electron chi connectivity index (χ1n) is 10.9. The molecule has 0 aliphatic carbocycles. The summed E-state index contributed by atoms with van der Waals surface area (Å²) in [6.07, 6.45) is 3.57. The van der Waals surface area contributed by atoms with Gasteiger partial charge in [-0.05, 0) is 36.4 Å². The van der Waals surface area contributed by atoms with Crippen LogP contribution in [0.5, 0.6) is 0 Å². The summed E-state index contributed by atoms with van der Waals surface area (Å²) in [4.78, 5) is 17.1. The van der Waals surface area contributed by atoms with Gasteiger partial charge < -0.3 is 9.80 Å². The Morgan fingerprint density at radius 3 is 2.33 bits per heavy atom. The molecule has 0 spiro atoms. The maximum Gasteiger partial charge on any atom is 0.253 e. The number of benzene rings is 2. The smallest absolute Gasteiger partial charge is 0.253 e. The molecule has 33 heavy (non-hydrogen) atoms. The van der Waals surface area contributed by atoms with Crippen molar-refractivity contribution in [3.05, 3.63) is 72.1 Å². The molecular formula is C24H29N5O3S. The molecule has 3 aromatic rings. The molecule has 1 aliphatic heterocycles. The highest BCUT2D eigenvalue weighted by Crippen LogP contribution is 2.27. The van der Waals surface area contributed by atoms with Crippen molar-refractivity contribution in [1.82, 2.24) is 23.9 Å². The summed E-state index contributed by atoms with van der Waals surface area (Å²) in [7, 11) is 1.78. The van der Waals surface area contributed by atoms with E-state index in [0.717, 1.165) is 11.1 Å². The Labute approximate surface area is 195 Å². The molecule has 2 heterocycles. The first-order valence-corrected chi connectivity index (χ1v) is 12.3. The Morgan fingerprint density at radius 2 is 1.70 bits per heavy atom. The van der Waals surface area contributed by atoms with Gasteiger partial charge in [-0.1, -0.05) is 30.3 Å². The molecule has 8 nitrogen and oxygen atoms in total. The van der Waals surface area contributed by atoms with Crippen LogP contribution in [0.3, 0.4) is 0 Å². The van der Waals surface area contributed by atoms with Crippen molar-refractivity contribution in [1.29, 1.82) is 0 Å². The summed E-state index contributed by atoms with van der Waals surface area (Å²) in [5.74, 6) is -0.244. The summed E-state index contributed by atoms with van der Waals surface area (Å²) >= 11 is 0. The largest absolute Gasteiger partial charge is 0.337 e. The van der Waals surface area contributed by atoms with Gasteiger partial charge in [-0.25, -0.2) is 8.42 Å². The third kappa shape index (κ3) is 5.16. The molecule has 1 aliphatic rings. The zero-order chi connectivity index (χ0) is 23.6. The summed E-state index contributed by atoms with van der Waals surface area (Å²) in [5, 5.41) is 4.15. The van der Waals surface area contributed by atoms with Crippen molar-refractivity contribution in [3.8, 4) is 11.1 Å². The number of amides is 1. The standard InChI is InChI=1S/C24H29N5O3S/c1-26-9-11-29(12-10-26)33(31,32)23-14-21(20-7-5-4-6-8-20)13-22(15-23)24(30)27(2)17-19-16-25-28(3)18-19/h4-8,13-16,18H,9-12,17H2,1-3H3. The lowest BCUT2D eigenvalue weighted by molar-refractivity contribution is 0.0785. The molecule has 0 unspecified atom stereocenters. The van der Waals surface area contributed by atoms with E-state index in [2.05, 4.69) is 10.00 Å². The van der Waals surface area contributed by atoms with Crippen molar-refractivity contribution < 1.29 is 13.2 Å². The number of sulfonamides is 1. The van der Waals surface area contributed by atoms with Crippen LogP contribution in [0.1, 0.15) is 15.9 Å². The number of piperazine rings is 1. The summed E-state index contributed by atoms with van der Waals surface area (Å²) < 4.78 is 30.2. The van der Waals surface area contributed by atoms with Gasteiger partial charge in [-0.15, -0.1) is 0 Å². The number of carbonyl (C=O) groups is 1. The van der Waals surface area contributed by atoms with E-state index in [9.17, 15) is 13.2 Å². The van der Waals surface area contributed by atoms with Crippen molar-refractivity contribution in [2.75, 3.05) is 40.3 Å². The zero-order valence-electron chi connectivity index (χ0n) is 19.2. The number of hydrogen-bond donors (Lipinski definition) is 0. The highest BCUT2D eigenvalue weighted by Gasteiger charge is 2.29. The molecule has 1 fully saturated rings. The van der Waals surface area contributed by atoms with Crippen molar-refractivity contribution in [2.45, 2.75) is 11.4 Å². The Balaban J connectivity index is 1.71. The van der Waals surface area contributed by atoms with Gasteiger partial charge in [-0.2, -0.15) is 9.40 Å². The van der Waals surface area contributed by atoms with Crippen LogP contribution in [0.2, 0.25) is 0 Å². The fourth-order valence-corrected chi connectivity index (χ4v) is 5.46. The predicted molar refractivity (Wildman–Crippen MR) is 127 cm³/mol. The number of aryl methyl sites for hydroxylation is 1. The lowest BCUT2D eigenvalue weighted by atomic mass is 10.0. The molecule has 0 bridgehead atoms. The third-order valence-corrected chi connectivity index (χ3v) is 7.76. The van der Waals surface area contributed by atoms with Gasteiger partial charge in [0.25, 0.3) is 5.91 Å². The fraction of sp³-hybridized carbons (Fsp3) is 0.333. The quantitative estimate of drug-likeness (QED) is 0.556. The molecule has 174 valence electrons. The topological polar surface area (TPSA) is 78.8 Å². The normalized spacial score (nSPS) is 15.5. The maximum absolute atomic E-state index is 13.5. The first-order chi connectivity index (χ1) is 15.7. The Hall–Kier alpha value is -3.01. The van der Waals surface area contributed by atoms with E-state index < -0.39 is 10.0 Å². The average Bonchev–Trinajstić information content (AvgIpc) is 3.23. The highest BCUT2D eigenvalue weighted by atomic mass is 32.2. The lowest BCUT2D eigenvalue weighted by Crippen LogP contribution is -2.47. The van der Waals surface area contributed by atoms with E-state index in [-0.39, 0.29) is 10.8 Å². The Kier molecular flexibility index (Phi) is 6.64. The number of carbonyl (C=O) groups excluding carboxylic acids is 1. The molecule has 0 saturated carbocycles. The number of nitrogens with zero attached hydrogens (tertiary/aromatic N) is 5. The Bertz CT molecular complexity index is 1230. The van der Waals surface area contributed by atoms with Crippen LogP contribution < -0.4 is 0 Å². The third-order valence-electron chi connectivity index (χ3n) is 5.89. The van der Waals surface area contributed by atoms with Gasteiger partial charge in [0.15, 0.2) is 0 Å². The molecule has 0 N–H and O–H groups in total. The van der Waals surface area contributed by atoms with Gasteiger partial charge in [-0.3, -0.25) is 9.48 Å². The van der Waals surface area contributed by atoms with E-state index in [1.807, 2.05) is 50.6 Å². The van der Waals surface area contributed by atoms with E-state index in [0.29, 0.717) is 43.9 Å². The van der Waals surface area contributed by atoms with Gasteiger partial charge >= 0.3 is 0 Å². The van der Waals surface area contributed by atoms with Crippen molar-refractivity contribution in [3.63, 3.8) is 0 Å². The monoisotopic (exact) mass is 467 g/mol. The van der Waals surface area contributed by atoms with Crippen LogP contribution >= 0.6 is 0 Å². The van der Waals surface area contributed by atoms with Crippen LogP contribution in [0.15, 0.2) is 65.8 Å².